The molecule has 0 saturated heterocycles. The summed E-state index contributed by atoms with van der Waals surface area (Å²) in [6.07, 6.45) is 0. The monoisotopic (exact) mass is 206 g/mol. The quantitative estimate of drug-likeness (QED) is 0.775. The second-order valence-electron chi connectivity index (χ2n) is 3.70. The number of likely N-dealkylation sites (N-methyl/N-ethyl adjacent to an activating group) is 1. The van der Waals surface area contributed by atoms with Crippen LogP contribution >= 0.6 is 0 Å². The number of aryl methyl sites for hydroxylation is 2. The van der Waals surface area contributed by atoms with Crippen LogP contribution in [0.15, 0.2) is 18.2 Å². The van der Waals surface area contributed by atoms with Crippen molar-refractivity contribution in [3.63, 3.8) is 0 Å². The minimum Gasteiger partial charge on any atom is -0.358 e. The van der Waals surface area contributed by atoms with E-state index in [2.05, 4.69) is 42.7 Å². The number of hydrogen-bond acceptors (Lipinski definition) is 2. The zero-order valence-corrected chi connectivity index (χ0v) is 9.55. The molecule has 1 aromatic carbocycles. The maximum Gasteiger partial charge on any atom is 0.233 e. The van der Waals surface area contributed by atoms with Crippen LogP contribution in [0.1, 0.15) is 16.7 Å². The molecule has 1 aromatic rings. The summed E-state index contributed by atoms with van der Waals surface area (Å²) in [5.41, 5.74) is 3.79. The van der Waals surface area contributed by atoms with Crippen molar-refractivity contribution in [1.82, 2.24) is 10.6 Å². The summed E-state index contributed by atoms with van der Waals surface area (Å²) in [6, 6.07) is 6.33. The Morgan fingerprint density at radius 2 is 2.00 bits per heavy atom. The predicted octanol–water partition coefficient (Wildman–Crippen LogP) is 1.14. The molecular formula is C12H18N2O. The first-order chi connectivity index (χ1) is 7.13. The van der Waals surface area contributed by atoms with Crippen LogP contribution in [0.4, 0.5) is 0 Å². The average molecular weight is 206 g/mol. The summed E-state index contributed by atoms with van der Waals surface area (Å²) in [4.78, 5) is 10.9. The summed E-state index contributed by atoms with van der Waals surface area (Å²) >= 11 is 0. The Hall–Kier alpha value is -1.35. The van der Waals surface area contributed by atoms with Crippen molar-refractivity contribution in [2.75, 3.05) is 13.6 Å². The number of amides is 1. The lowest BCUT2D eigenvalue weighted by atomic mass is 10.1. The van der Waals surface area contributed by atoms with Crippen molar-refractivity contribution in [3.05, 3.63) is 34.9 Å². The first kappa shape index (κ1) is 11.7. The van der Waals surface area contributed by atoms with E-state index in [-0.39, 0.29) is 5.91 Å². The van der Waals surface area contributed by atoms with Crippen LogP contribution in [-0.4, -0.2) is 19.5 Å². The third-order valence-corrected chi connectivity index (χ3v) is 2.46. The van der Waals surface area contributed by atoms with Crippen LogP contribution in [0.25, 0.3) is 0 Å². The fraction of sp³-hybridized carbons (Fsp3) is 0.417. The largest absolute Gasteiger partial charge is 0.358 e. The topological polar surface area (TPSA) is 41.1 Å². The Balaban J connectivity index is 2.44. The molecule has 0 spiro atoms. The van der Waals surface area contributed by atoms with Crippen LogP contribution in [0.2, 0.25) is 0 Å². The van der Waals surface area contributed by atoms with Gasteiger partial charge in [-0.15, -0.1) is 0 Å². The van der Waals surface area contributed by atoms with E-state index in [4.69, 9.17) is 0 Å². The van der Waals surface area contributed by atoms with Crippen molar-refractivity contribution >= 4 is 5.91 Å². The Morgan fingerprint density at radius 1 is 1.27 bits per heavy atom. The summed E-state index contributed by atoms with van der Waals surface area (Å²) in [5, 5.41) is 5.66. The zero-order chi connectivity index (χ0) is 11.3. The maximum atomic E-state index is 10.9. The van der Waals surface area contributed by atoms with Gasteiger partial charge in [-0.1, -0.05) is 18.2 Å². The molecule has 3 heteroatoms. The van der Waals surface area contributed by atoms with Gasteiger partial charge in [0.15, 0.2) is 0 Å². The molecule has 0 fully saturated rings. The number of rotatable bonds is 4. The van der Waals surface area contributed by atoms with Gasteiger partial charge in [-0.05, 0) is 30.5 Å². The molecule has 0 aromatic heterocycles. The molecule has 0 saturated carbocycles. The van der Waals surface area contributed by atoms with Crippen LogP contribution in [0.3, 0.4) is 0 Å². The predicted molar refractivity (Wildman–Crippen MR) is 61.7 cm³/mol. The molecule has 0 heterocycles. The fourth-order valence-corrected chi connectivity index (χ4v) is 1.32. The summed E-state index contributed by atoms with van der Waals surface area (Å²) < 4.78 is 0. The molecule has 2 N–H and O–H groups in total. The van der Waals surface area contributed by atoms with Crippen LogP contribution in [0, 0.1) is 13.8 Å². The van der Waals surface area contributed by atoms with E-state index in [0.717, 1.165) is 6.54 Å². The second-order valence-corrected chi connectivity index (χ2v) is 3.70. The summed E-state index contributed by atoms with van der Waals surface area (Å²) in [7, 11) is 1.64. The van der Waals surface area contributed by atoms with Gasteiger partial charge in [0.05, 0.1) is 6.54 Å². The number of nitrogens with one attached hydrogen (secondary N) is 2. The smallest absolute Gasteiger partial charge is 0.233 e. The molecule has 1 rings (SSSR count). The van der Waals surface area contributed by atoms with E-state index in [0.29, 0.717) is 6.54 Å². The minimum absolute atomic E-state index is 0.0128. The van der Waals surface area contributed by atoms with Gasteiger partial charge in [0, 0.05) is 13.6 Å². The van der Waals surface area contributed by atoms with Crippen molar-refractivity contribution < 1.29 is 4.79 Å². The van der Waals surface area contributed by atoms with Gasteiger partial charge < -0.3 is 10.6 Å². The van der Waals surface area contributed by atoms with E-state index >= 15 is 0 Å². The molecule has 1 amide bonds. The lowest BCUT2D eigenvalue weighted by molar-refractivity contribution is -0.119. The lowest BCUT2D eigenvalue weighted by Crippen LogP contribution is -2.30. The van der Waals surface area contributed by atoms with Crippen molar-refractivity contribution in [1.29, 1.82) is 0 Å². The lowest BCUT2D eigenvalue weighted by Gasteiger charge is -2.06. The molecule has 0 radical (unpaired) electrons. The summed E-state index contributed by atoms with van der Waals surface area (Å²) in [6.45, 7) is 5.28. The molecule has 3 nitrogen and oxygen atoms in total. The van der Waals surface area contributed by atoms with E-state index in [1.165, 1.54) is 16.7 Å². The van der Waals surface area contributed by atoms with Gasteiger partial charge in [0.25, 0.3) is 0 Å². The van der Waals surface area contributed by atoms with E-state index < -0.39 is 0 Å². The Morgan fingerprint density at radius 3 is 2.60 bits per heavy atom. The highest BCUT2D eigenvalue weighted by Gasteiger charge is 1.98. The standard InChI is InChI=1S/C12H18N2O/c1-9-4-5-11(6-10(9)2)7-14-8-12(15)13-3/h4-6,14H,7-8H2,1-3H3,(H,13,15). The zero-order valence-electron chi connectivity index (χ0n) is 9.55. The van der Waals surface area contributed by atoms with Gasteiger partial charge in [-0.2, -0.15) is 0 Å². The molecule has 15 heavy (non-hydrogen) atoms. The molecule has 0 atom stereocenters. The highest BCUT2D eigenvalue weighted by atomic mass is 16.1. The Kier molecular flexibility index (Phi) is 4.31. The summed E-state index contributed by atoms with van der Waals surface area (Å²) in [5.74, 6) is 0.0128. The molecular weight excluding hydrogens is 188 g/mol. The van der Waals surface area contributed by atoms with Crippen molar-refractivity contribution in [2.45, 2.75) is 20.4 Å². The van der Waals surface area contributed by atoms with E-state index in [1.54, 1.807) is 7.05 Å². The highest BCUT2D eigenvalue weighted by Crippen LogP contribution is 2.09. The Labute approximate surface area is 90.9 Å². The third-order valence-electron chi connectivity index (χ3n) is 2.46. The van der Waals surface area contributed by atoms with Gasteiger partial charge >= 0.3 is 0 Å². The first-order valence-corrected chi connectivity index (χ1v) is 5.11. The molecule has 82 valence electrons. The normalized spacial score (nSPS) is 10.1. The molecule has 0 aliphatic rings. The van der Waals surface area contributed by atoms with Gasteiger partial charge in [-0.3, -0.25) is 4.79 Å². The highest BCUT2D eigenvalue weighted by molar-refractivity contribution is 5.77. The number of hydrogen-bond donors (Lipinski definition) is 2. The SMILES string of the molecule is CNC(=O)CNCc1ccc(C)c(C)c1. The second kappa shape index (κ2) is 5.51. The molecule has 0 unspecified atom stereocenters. The minimum atomic E-state index is 0.0128. The maximum absolute atomic E-state index is 10.9. The average Bonchev–Trinajstić information content (AvgIpc) is 2.23. The molecule has 0 aliphatic carbocycles. The fourth-order valence-electron chi connectivity index (χ4n) is 1.32. The van der Waals surface area contributed by atoms with Gasteiger partial charge in [0.2, 0.25) is 5.91 Å². The third kappa shape index (κ3) is 3.72. The van der Waals surface area contributed by atoms with Crippen molar-refractivity contribution in [2.24, 2.45) is 0 Å². The van der Waals surface area contributed by atoms with Crippen LogP contribution in [-0.2, 0) is 11.3 Å². The number of benzene rings is 1. The molecule has 0 aliphatic heterocycles. The number of carbonyl (C=O) groups is 1. The van der Waals surface area contributed by atoms with Gasteiger partial charge in [-0.25, -0.2) is 0 Å². The molecule has 0 bridgehead atoms. The van der Waals surface area contributed by atoms with Gasteiger partial charge in [0.1, 0.15) is 0 Å². The van der Waals surface area contributed by atoms with Crippen molar-refractivity contribution in [3.8, 4) is 0 Å². The Bertz CT molecular complexity index is 347. The van der Waals surface area contributed by atoms with Crippen LogP contribution < -0.4 is 10.6 Å². The van der Waals surface area contributed by atoms with E-state index in [1.807, 2.05) is 0 Å². The number of carbonyl (C=O) groups excluding carboxylic acids is 1. The first-order valence-electron chi connectivity index (χ1n) is 5.11. The van der Waals surface area contributed by atoms with E-state index in [9.17, 15) is 4.79 Å². The van der Waals surface area contributed by atoms with Crippen LogP contribution in [0.5, 0.6) is 0 Å².